The minimum atomic E-state index is 0.445. The van der Waals surface area contributed by atoms with Crippen molar-refractivity contribution < 1.29 is 0 Å². The average Bonchev–Trinajstić information content (AvgIpc) is 2.04. The molecule has 12 heavy (non-hydrogen) atoms. The molecule has 3 unspecified atom stereocenters. The summed E-state index contributed by atoms with van der Waals surface area (Å²) in [5.41, 5.74) is 5.90. The van der Waals surface area contributed by atoms with Crippen LogP contribution in [0.15, 0.2) is 0 Å². The van der Waals surface area contributed by atoms with Gasteiger partial charge in [-0.1, -0.05) is 13.3 Å². The van der Waals surface area contributed by atoms with Crippen LogP contribution in [0.1, 0.15) is 46.0 Å². The van der Waals surface area contributed by atoms with Gasteiger partial charge >= 0.3 is 0 Å². The summed E-state index contributed by atoms with van der Waals surface area (Å²) < 4.78 is 0. The van der Waals surface area contributed by atoms with Gasteiger partial charge in [0.15, 0.2) is 0 Å². The molecule has 0 aliphatic heterocycles. The van der Waals surface area contributed by atoms with Gasteiger partial charge in [0.1, 0.15) is 0 Å². The Bertz CT molecular complexity index is 125. The van der Waals surface area contributed by atoms with Crippen LogP contribution in [0.2, 0.25) is 0 Å². The van der Waals surface area contributed by atoms with Crippen LogP contribution in [0, 0.1) is 0 Å². The molecule has 3 atom stereocenters. The van der Waals surface area contributed by atoms with Gasteiger partial charge in [-0.2, -0.15) is 0 Å². The molecule has 3 N–H and O–H groups in total. The Labute approximate surface area is 75.9 Å². The van der Waals surface area contributed by atoms with Crippen LogP contribution in [0.4, 0.5) is 0 Å². The first-order chi connectivity index (χ1) is 5.72. The summed E-state index contributed by atoms with van der Waals surface area (Å²) >= 11 is 0. The van der Waals surface area contributed by atoms with Crippen molar-refractivity contribution in [3.8, 4) is 0 Å². The highest BCUT2D eigenvalue weighted by Gasteiger charge is 2.19. The number of hydrogen-bond donors (Lipinski definition) is 2. The molecule has 0 saturated heterocycles. The van der Waals surface area contributed by atoms with Crippen LogP contribution in [0.5, 0.6) is 0 Å². The minimum absolute atomic E-state index is 0.445. The Morgan fingerprint density at radius 1 is 1.50 bits per heavy atom. The molecule has 2 nitrogen and oxygen atoms in total. The highest BCUT2D eigenvalue weighted by molar-refractivity contribution is 4.81. The maximum atomic E-state index is 5.90. The van der Waals surface area contributed by atoms with Gasteiger partial charge in [-0.15, -0.1) is 0 Å². The second-order valence-corrected chi connectivity index (χ2v) is 4.10. The van der Waals surface area contributed by atoms with E-state index in [1.165, 1.54) is 32.1 Å². The summed E-state index contributed by atoms with van der Waals surface area (Å²) in [4.78, 5) is 0. The van der Waals surface area contributed by atoms with E-state index >= 15 is 0 Å². The molecule has 1 aliphatic carbocycles. The zero-order valence-corrected chi connectivity index (χ0v) is 8.34. The van der Waals surface area contributed by atoms with Crippen LogP contribution in [0.3, 0.4) is 0 Å². The molecule has 0 bridgehead atoms. The number of nitrogens with two attached hydrogens (primary N) is 1. The number of rotatable bonds is 3. The molecule has 0 aromatic rings. The van der Waals surface area contributed by atoms with Gasteiger partial charge < -0.3 is 11.1 Å². The quantitative estimate of drug-likeness (QED) is 0.676. The summed E-state index contributed by atoms with van der Waals surface area (Å²) in [7, 11) is 0. The third-order valence-corrected chi connectivity index (χ3v) is 2.85. The Kier molecular flexibility index (Phi) is 4.02. The summed E-state index contributed by atoms with van der Waals surface area (Å²) in [6.45, 7) is 4.47. The molecule has 1 fully saturated rings. The van der Waals surface area contributed by atoms with Crippen molar-refractivity contribution in [3.05, 3.63) is 0 Å². The van der Waals surface area contributed by atoms with E-state index in [0.29, 0.717) is 18.1 Å². The van der Waals surface area contributed by atoms with E-state index in [1.54, 1.807) is 0 Å². The SMILES string of the molecule is CCC(C)NC1CCCC(N)C1. The monoisotopic (exact) mass is 170 g/mol. The van der Waals surface area contributed by atoms with Gasteiger partial charge in [0.05, 0.1) is 0 Å². The van der Waals surface area contributed by atoms with Crippen molar-refractivity contribution in [2.45, 2.75) is 64.1 Å². The maximum absolute atomic E-state index is 5.90. The molecule has 0 aromatic carbocycles. The molecule has 1 rings (SSSR count). The lowest BCUT2D eigenvalue weighted by atomic mass is 9.91. The van der Waals surface area contributed by atoms with E-state index in [1.807, 2.05) is 0 Å². The van der Waals surface area contributed by atoms with Crippen LogP contribution >= 0.6 is 0 Å². The maximum Gasteiger partial charge on any atom is 0.00842 e. The van der Waals surface area contributed by atoms with E-state index < -0.39 is 0 Å². The highest BCUT2D eigenvalue weighted by Crippen LogP contribution is 2.17. The Morgan fingerprint density at radius 3 is 2.83 bits per heavy atom. The second kappa shape index (κ2) is 4.83. The molecule has 0 amide bonds. The highest BCUT2D eigenvalue weighted by atomic mass is 14.9. The first kappa shape index (κ1) is 10.0. The van der Waals surface area contributed by atoms with Crippen LogP contribution in [0.25, 0.3) is 0 Å². The fourth-order valence-corrected chi connectivity index (χ4v) is 1.90. The third-order valence-electron chi connectivity index (χ3n) is 2.85. The molecule has 0 heterocycles. The molecular weight excluding hydrogens is 148 g/mol. The fourth-order valence-electron chi connectivity index (χ4n) is 1.90. The van der Waals surface area contributed by atoms with Gasteiger partial charge in [-0.25, -0.2) is 0 Å². The second-order valence-electron chi connectivity index (χ2n) is 4.10. The Hall–Kier alpha value is -0.0800. The first-order valence-electron chi connectivity index (χ1n) is 5.24. The smallest absolute Gasteiger partial charge is 0.00842 e. The number of nitrogens with one attached hydrogen (secondary N) is 1. The molecule has 1 saturated carbocycles. The summed E-state index contributed by atoms with van der Waals surface area (Å²) in [6.07, 6.45) is 6.22. The van der Waals surface area contributed by atoms with Crippen molar-refractivity contribution >= 4 is 0 Å². The first-order valence-corrected chi connectivity index (χ1v) is 5.24. The standard InChI is InChI=1S/C10H22N2/c1-3-8(2)12-10-6-4-5-9(11)7-10/h8-10,12H,3-7,11H2,1-2H3. The lowest BCUT2D eigenvalue weighted by Crippen LogP contribution is -2.42. The fraction of sp³-hybridized carbons (Fsp3) is 1.00. The largest absolute Gasteiger partial charge is 0.328 e. The van der Waals surface area contributed by atoms with Gasteiger partial charge in [-0.3, -0.25) is 0 Å². The zero-order chi connectivity index (χ0) is 8.97. The molecule has 2 heteroatoms. The normalized spacial score (nSPS) is 33.2. The van der Waals surface area contributed by atoms with Gasteiger partial charge in [0.25, 0.3) is 0 Å². The van der Waals surface area contributed by atoms with Crippen molar-refractivity contribution in [3.63, 3.8) is 0 Å². The van der Waals surface area contributed by atoms with E-state index in [9.17, 15) is 0 Å². The van der Waals surface area contributed by atoms with Crippen molar-refractivity contribution in [2.75, 3.05) is 0 Å². The summed E-state index contributed by atoms with van der Waals surface area (Å²) in [5.74, 6) is 0. The van der Waals surface area contributed by atoms with Crippen molar-refractivity contribution in [2.24, 2.45) is 5.73 Å². The molecule has 0 spiro atoms. The van der Waals surface area contributed by atoms with E-state index in [0.717, 1.165) is 0 Å². The van der Waals surface area contributed by atoms with Crippen LogP contribution in [-0.2, 0) is 0 Å². The predicted octanol–water partition coefficient (Wildman–Crippen LogP) is 1.64. The lowest BCUT2D eigenvalue weighted by molar-refractivity contribution is 0.314. The summed E-state index contributed by atoms with van der Waals surface area (Å²) in [6, 6.07) is 1.78. The molecule has 0 aromatic heterocycles. The van der Waals surface area contributed by atoms with Gasteiger partial charge in [0.2, 0.25) is 0 Å². The zero-order valence-electron chi connectivity index (χ0n) is 8.34. The molecule has 0 radical (unpaired) electrons. The van der Waals surface area contributed by atoms with Crippen LogP contribution < -0.4 is 11.1 Å². The van der Waals surface area contributed by atoms with Gasteiger partial charge in [0, 0.05) is 18.1 Å². The van der Waals surface area contributed by atoms with E-state index in [2.05, 4.69) is 19.2 Å². The van der Waals surface area contributed by atoms with Crippen LogP contribution in [-0.4, -0.2) is 18.1 Å². The van der Waals surface area contributed by atoms with Gasteiger partial charge in [-0.05, 0) is 32.6 Å². The van der Waals surface area contributed by atoms with Crippen molar-refractivity contribution in [1.82, 2.24) is 5.32 Å². The van der Waals surface area contributed by atoms with E-state index in [4.69, 9.17) is 5.73 Å². The number of hydrogen-bond acceptors (Lipinski definition) is 2. The van der Waals surface area contributed by atoms with Crippen molar-refractivity contribution in [1.29, 1.82) is 0 Å². The van der Waals surface area contributed by atoms with E-state index in [-0.39, 0.29) is 0 Å². The molecular formula is C10H22N2. The third kappa shape index (κ3) is 3.11. The summed E-state index contributed by atoms with van der Waals surface area (Å²) in [5, 5.41) is 3.62. The molecule has 1 aliphatic rings. The Balaban J connectivity index is 2.22. The topological polar surface area (TPSA) is 38.0 Å². The minimum Gasteiger partial charge on any atom is -0.328 e. The predicted molar refractivity (Wildman–Crippen MR) is 53.1 cm³/mol. The lowest BCUT2D eigenvalue weighted by Gasteiger charge is -2.29. The molecule has 72 valence electrons. The Morgan fingerprint density at radius 2 is 2.25 bits per heavy atom. The average molecular weight is 170 g/mol.